The average Bonchev–Trinajstić information content (AvgIpc) is 3.85. The standard InChI is InChI=1S/C42H47N4O13PS/c1-25-21-45(40(50)43-38(25)48)36-19-32(47)34(57-36)24-56-60(61,54-5)59-33-20-37(46-22-26(2)39(49)44-41(46)51)58-35(33)23-55-42(27-9-7-6-8-10-27,28-11-15-30(52-3)16-12-28)29-13-17-31(53-4)18-14-29/h6-18,21-22,32-37,47H,19-20,23-24H2,1-5H3,(H,43,48,50)(H,44,49,51)/t32-,33-,34+,35+,36+,37+,60+/m0/s1. The summed E-state index contributed by atoms with van der Waals surface area (Å²) in [5.41, 5.74) is -0.743. The van der Waals surface area contributed by atoms with Gasteiger partial charge >= 0.3 is 18.1 Å². The highest BCUT2D eigenvalue weighted by Crippen LogP contribution is 2.54. The second kappa shape index (κ2) is 18.5. The summed E-state index contributed by atoms with van der Waals surface area (Å²) in [7, 11) is 4.51. The molecule has 17 nitrogen and oxygen atoms in total. The number of aliphatic hydroxyl groups is 1. The van der Waals surface area contributed by atoms with E-state index in [4.69, 9.17) is 49.1 Å². The van der Waals surface area contributed by atoms with E-state index in [1.54, 1.807) is 28.1 Å². The number of nitrogens with zero attached hydrogens (tertiary/aromatic N) is 2. The van der Waals surface area contributed by atoms with Crippen molar-refractivity contribution in [2.24, 2.45) is 0 Å². The summed E-state index contributed by atoms with van der Waals surface area (Å²) in [6.45, 7) is -0.935. The SMILES string of the molecule is COc1ccc(C(OC[C@H]2O[C@@H](n3cc(C)c(=O)[nH]c3=O)C[C@@H]2O[P@@](=S)(OC)OC[C@H]2O[C@@H](n3cc(C)c(=O)[nH]c3=O)C[C@@H]2O)(c2ccccc2)c2ccc(OC)cc2)cc1. The lowest BCUT2D eigenvalue weighted by molar-refractivity contribution is -0.0939. The molecule has 2 aliphatic rings. The van der Waals surface area contributed by atoms with E-state index in [1.807, 2.05) is 78.9 Å². The van der Waals surface area contributed by atoms with E-state index in [-0.39, 0.29) is 26.1 Å². The highest BCUT2D eigenvalue weighted by Gasteiger charge is 2.46. The Morgan fingerprint density at radius 3 is 1.72 bits per heavy atom. The van der Waals surface area contributed by atoms with Gasteiger partial charge in [-0.15, -0.1) is 0 Å². The molecule has 2 fully saturated rings. The van der Waals surface area contributed by atoms with E-state index in [1.165, 1.54) is 28.6 Å². The van der Waals surface area contributed by atoms with Crippen molar-refractivity contribution >= 4 is 18.5 Å². The predicted octanol–water partition coefficient (Wildman–Crippen LogP) is 3.94. The van der Waals surface area contributed by atoms with Crippen LogP contribution >= 0.6 is 6.72 Å². The van der Waals surface area contributed by atoms with Crippen LogP contribution < -0.4 is 32.0 Å². The molecule has 324 valence electrons. The van der Waals surface area contributed by atoms with Crippen LogP contribution in [0.3, 0.4) is 0 Å². The van der Waals surface area contributed by atoms with Gasteiger partial charge < -0.3 is 42.4 Å². The van der Waals surface area contributed by atoms with E-state index < -0.39 is 71.7 Å². The Kier molecular flexibility index (Phi) is 13.4. The maximum Gasteiger partial charge on any atom is 0.330 e. The predicted molar refractivity (Wildman–Crippen MR) is 226 cm³/mol. The summed E-state index contributed by atoms with van der Waals surface area (Å²) in [4.78, 5) is 54.6. The Balaban J connectivity index is 1.20. The number of aromatic amines is 2. The molecular formula is C42H47N4O13PS. The molecule has 7 atom stereocenters. The molecule has 0 unspecified atom stereocenters. The van der Waals surface area contributed by atoms with Crippen LogP contribution in [0.5, 0.6) is 11.5 Å². The zero-order valence-corrected chi connectivity index (χ0v) is 35.8. The van der Waals surface area contributed by atoms with Crippen molar-refractivity contribution in [3.63, 3.8) is 0 Å². The lowest BCUT2D eigenvalue weighted by Crippen LogP contribution is -2.38. The molecule has 2 aromatic heterocycles. The summed E-state index contributed by atoms with van der Waals surface area (Å²) in [6.07, 6.45) is -2.76. The lowest BCUT2D eigenvalue weighted by Gasteiger charge is -2.37. The van der Waals surface area contributed by atoms with Crippen molar-refractivity contribution in [2.45, 2.75) is 69.2 Å². The number of hydrogen-bond donors (Lipinski definition) is 3. The fraction of sp³-hybridized carbons (Fsp3) is 0.381. The first kappa shape index (κ1) is 44.1. The first-order valence-electron chi connectivity index (χ1n) is 19.4. The first-order chi connectivity index (χ1) is 29.3. The van der Waals surface area contributed by atoms with Gasteiger partial charge in [0, 0.05) is 43.5 Å². The van der Waals surface area contributed by atoms with Crippen molar-refractivity contribution in [3.05, 3.63) is 161 Å². The number of benzene rings is 3. The van der Waals surface area contributed by atoms with Gasteiger partial charge in [-0.25, -0.2) is 9.59 Å². The Hall–Kier alpha value is -5.01. The molecule has 0 spiro atoms. The highest BCUT2D eigenvalue weighted by molar-refractivity contribution is 8.07. The van der Waals surface area contributed by atoms with Crippen molar-refractivity contribution < 1.29 is 42.4 Å². The van der Waals surface area contributed by atoms with Crippen LogP contribution in [-0.4, -0.2) is 83.2 Å². The van der Waals surface area contributed by atoms with Crippen LogP contribution in [-0.2, 0) is 45.2 Å². The quantitative estimate of drug-likeness (QED) is 0.0950. The van der Waals surface area contributed by atoms with Gasteiger partial charge in [-0.05, 0) is 66.6 Å². The number of methoxy groups -OCH3 is 2. The maximum atomic E-state index is 13.2. The monoisotopic (exact) mass is 878 g/mol. The molecule has 19 heteroatoms. The molecule has 0 saturated carbocycles. The highest BCUT2D eigenvalue weighted by atomic mass is 32.5. The van der Waals surface area contributed by atoms with Crippen molar-refractivity contribution in [3.8, 4) is 11.5 Å². The molecule has 5 aromatic rings. The number of hydrogen-bond acceptors (Lipinski definition) is 14. The number of aromatic nitrogens is 4. The molecule has 2 saturated heterocycles. The van der Waals surface area contributed by atoms with Gasteiger partial charge in [0.2, 0.25) is 0 Å². The molecular weight excluding hydrogens is 832 g/mol. The number of aryl methyl sites for hydroxylation is 2. The third kappa shape index (κ3) is 9.28. The maximum absolute atomic E-state index is 13.2. The van der Waals surface area contributed by atoms with E-state index in [0.29, 0.717) is 22.6 Å². The van der Waals surface area contributed by atoms with Crippen LogP contribution in [0, 0.1) is 13.8 Å². The second-order valence-electron chi connectivity index (χ2n) is 14.6. The molecule has 3 N–H and O–H groups in total. The summed E-state index contributed by atoms with van der Waals surface area (Å²) in [5, 5.41) is 10.9. The molecule has 3 aromatic carbocycles. The normalized spacial score (nSPS) is 22.5. The van der Waals surface area contributed by atoms with E-state index in [2.05, 4.69) is 9.97 Å². The molecule has 2 aliphatic heterocycles. The zero-order chi connectivity index (χ0) is 43.5. The summed E-state index contributed by atoms with van der Waals surface area (Å²) in [5.74, 6) is 1.29. The van der Waals surface area contributed by atoms with Gasteiger partial charge in [0.15, 0.2) is 0 Å². The smallest absolute Gasteiger partial charge is 0.330 e. The Morgan fingerprint density at radius 2 is 1.21 bits per heavy atom. The van der Waals surface area contributed by atoms with Crippen LogP contribution in [0.25, 0.3) is 0 Å². The molecule has 0 amide bonds. The minimum Gasteiger partial charge on any atom is -0.497 e. The molecule has 4 heterocycles. The number of ether oxygens (including phenoxy) is 5. The molecule has 7 rings (SSSR count). The minimum atomic E-state index is -3.67. The Labute approximate surface area is 355 Å². The summed E-state index contributed by atoms with van der Waals surface area (Å²) < 4.78 is 51.6. The topological polar surface area (TPSA) is 204 Å². The van der Waals surface area contributed by atoms with Gasteiger partial charge in [-0.1, -0.05) is 54.6 Å². The fourth-order valence-corrected chi connectivity index (χ4v) is 9.16. The van der Waals surface area contributed by atoms with Gasteiger partial charge in [0.05, 0.1) is 39.6 Å². The third-order valence-corrected chi connectivity index (χ3v) is 13.3. The number of nitrogens with one attached hydrogen (secondary N) is 2. The van der Waals surface area contributed by atoms with Gasteiger partial charge in [-0.2, -0.15) is 0 Å². The Morgan fingerprint density at radius 1 is 0.721 bits per heavy atom. The van der Waals surface area contributed by atoms with E-state index in [9.17, 15) is 24.3 Å². The molecule has 61 heavy (non-hydrogen) atoms. The summed E-state index contributed by atoms with van der Waals surface area (Å²) in [6, 6.07) is 24.7. The van der Waals surface area contributed by atoms with Crippen molar-refractivity contribution in [1.82, 2.24) is 19.1 Å². The van der Waals surface area contributed by atoms with E-state index in [0.717, 1.165) is 16.7 Å². The van der Waals surface area contributed by atoms with Gasteiger partial charge in [0.1, 0.15) is 41.8 Å². The molecule has 0 radical (unpaired) electrons. The van der Waals surface area contributed by atoms with Crippen molar-refractivity contribution in [2.75, 3.05) is 34.5 Å². The van der Waals surface area contributed by atoms with E-state index >= 15 is 0 Å². The molecule has 0 bridgehead atoms. The van der Waals surface area contributed by atoms with Crippen molar-refractivity contribution in [1.29, 1.82) is 0 Å². The van der Waals surface area contributed by atoms with Crippen LogP contribution in [0.4, 0.5) is 0 Å². The lowest BCUT2D eigenvalue weighted by atomic mass is 9.80. The number of rotatable bonds is 16. The number of aliphatic hydroxyl groups excluding tert-OH is 1. The zero-order valence-electron chi connectivity index (χ0n) is 34.0. The second-order valence-corrected chi connectivity index (χ2v) is 17.7. The minimum absolute atomic E-state index is 0.0343. The molecule has 0 aliphatic carbocycles. The van der Waals surface area contributed by atoms with Gasteiger partial charge in [-0.3, -0.25) is 28.7 Å². The largest absolute Gasteiger partial charge is 0.497 e. The fourth-order valence-electron chi connectivity index (χ4n) is 7.51. The average molecular weight is 879 g/mol. The van der Waals surface area contributed by atoms with Crippen LogP contribution in [0.2, 0.25) is 0 Å². The third-order valence-electron chi connectivity index (χ3n) is 10.8. The first-order valence-corrected chi connectivity index (χ1v) is 21.9. The Bertz CT molecular complexity index is 2550. The van der Waals surface area contributed by atoms with Gasteiger partial charge in [0.25, 0.3) is 11.1 Å². The summed E-state index contributed by atoms with van der Waals surface area (Å²) >= 11 is 5.87. The van der Waals surface area contributed by atoms with Crippen LogP contribution in [0.1, 0.15) is 53.1 Å². The van der Waals surface area contributed by atoms with Crippen LogP contribution in [0.15, 0.2) is 110 Å². The number of H-pyrrole nitrogens is 2.